The standard InChI is InChI=1S/C34H68N2/c1-5-9-13-14-17-21-32(20-16-11-7-3)35-33-22-24-34(25-23-33)26-28-36(29-27-34)30-31(18-12-8-4)19-15-10-6-2/h31-33,35H,5-30H2,1-4H3. The molecule has 2 heteroatoms. The number of piperidine rings is 1. The summed E-state index contributed by atoms with van der Waals surface area (Å²) < 4.78 is 0. The lowest BCUT2D eigenvalue weighted by atomic mass is 9.66. The van der Waals surface area contributed by atoms with E-state index in [0.29, 0.717) is 5.41 Å². The van der Waals surface area contributed by atoms with Crippen molar-refractivity contribution in [3.63, 3.8) is 0 Å². The molecule has 0 radical (unpaired) electrons. The van der Waals surface area contributed by atoms with Crippen LogP contribution in [-0.4, -0.2) is 36.6 Å². The molecule has 2 fully saturated rings. The number of nitrogens with zero attached hydrogens (tertiary/aromatic N) is 1. The van der Waals surface area contributed by atoms with Gasteiger partial charge in [-0.2, -0.15) is 0 Å². The lowest BCUT2D eigenvalue weighted by molar-refractivity contribution is 0.0480. The van der Waals surface area contributed by atoms with E-state index in [1.807, 2.05) is 0 Å². The van der Waals surface area contributed by atoms with Crippen LogP contribution in [0, 0.1) is 11.3 Å². The van der Waals surface area contributed by atoms with Gasteiger partial charge in [-0.25, -0.2) is 0 Å². The van der Waals surface area contributed by atoms with E-state index in [2.05, 4.69) is 37.9 Å². The summed E-state index contributed by atoms with van der Waals surface area (Å²) in [5.74, 6) is 0.956. The monoisotopic (exact) mass is 505 g/mol. The van der Waals surface area contributed by atoms with Crippen molar-refractivity contribution in [1.29, 1.82) is 0 Å². The molecular formula is C34H68N2. The van der Waals surface area contributed by atoms with E-state index in [9.17, 15) is 0 Å². The number of rotatable bonds is 21. The Labute approximate surface area is 228 Å². The molecule has 1 heterocycles. The summed E-state index contributed by atoms with van der Waals surface area (Å²) in [5, 5.41) is 4.20. The Balaban J connectivity index is 1.72. The minimum atomic E-state index is 0.688. The largest absolute Gasteiger partial charge is 0.311 e. The van der Waals surface area contributed by atoms with Gasteiger partial charge >= 0.3 is 0 Å². The summed E-state index contributed by atoms with van der Waals surface area (Å²) in [6.45, 7) is 13.5. The molecular weight excluding hydrogens is 436 g/mol. The molecule has 1 N–H and O–H groups in total. The average molecular weight is 505 g/mol. The number of hydrogen-bond acceptors (Lipinski definition) is 2. The van der Waals surface area contributed by atoms with Crippen molar-refractivity contribution in [1.82, 2.24) is 10.2 Å². The molecule has 0 bridgehead atoms. The van der Waals surface area contributed by atoms with Crippen molar-refractivity contribution in [2.45, 2.75) is 187 Å². The van der Waals surface area contributed by atoms with Gasteiger partial charge in [0.1, 0.15) is 0 Å². The van der Waals surface area contributed by atoms with E-state index in [4.69, 9.17) is 0 Å². The lowest BCUT2D eigenvalue weighted by Crippen LogP contribution is -2.47. The second kappa shape index (κ2) is 19.9. The van der Waals surface area contributed by atoms with E-state index in [-0.39, 0.29) is 0 Å². The Morgan fingerprint density at radius 2 is 1.11 bits per heavy atom. The summed E-state index contributed by atoms with van der Waals surface area (Å²) in [5.41, 5.74) is 0.688. The molecule has 1 aliphatic carbocycles. The van der Waals surface area contributed by atoms with Gasteiger partial charge in [-0.05, 0) is 88.6 Å². The highest BCUT2D eigenvalue weighted by molar-refractivity contribution is 4.93. The van der Waals surface area contributed by atoms with Gasteiger partial charge in [-0.3, -0.25) is 0 Å². The molecule has 0 aromatic heterocycles. The Morgan fingerprint density at radius 3 is 1.72 bits per heavy atom. The molecule has 0 aromatic rings. The second-order valence-corrected chi connectivity index (χ2v) is 13.1. The van der Waals surface area contributed by atoms with Crippen molar-refractivity contribution in [3.8, 4) is 0 Å². The van der Waals surface area contributed by atoms with Gasteiger partial charge < -0.3 is 10.2 Å². The van der Waals surface area contributed by atoms with Crippen LogP contribution in [0.15, 0.2) is 0 Å². The van der Waals surface area contributed by atoms with Gasteiger partial charge in [-0.15, -0.1) is 0 Å². The topological polar surface area (TPSA) is 15.3 Å². The number of unbranched alkanes of at least 4 members (excludes halogenated alkanes) is 9. The SMILES string of the molecule is CCCCCCCC(CCCCC)NC1CCC2(CC1)CCN(CC(CCCC)CCCCC)CC2. The highest BCUT2D eigenvalue weighted by Gasteiger charge is 2.38. The zero-order chi connectivity index (χ0) is 25.9. The molecule has 2 rings (SSSR count). The summed E-state index contributed by atoms with van der Waals surface area (Å²) in [6, 6.07) is 1.58. The zero-order valence-electron chi connectivity index (χ0n) is 25.6. The smallest absolute Gasteiger partial charge is 0.00700 e. The minimum Gasteiger partial charge on any atom is -0.311 e. The van der Waals surface area contributed by atoms with Crippen LogP contribution in [0.5, 0.6) is 0 Å². The van der Waals surface area contributed by atoms with Crippen molar-refractivity contribution in [2.24, 2.45) is 11.3 Å². The summed E-state index contributed by atoms with van der Waals surface area (Å²) in [4.78, 5) is 2.87. The van der Waals surface area contributed by atoms with Crippen LogP contribution >= 0.6 is 0 Å². The van der Waals surface area contributed by atoms with Crippen LogP contribution in [0.2, 0.25) is 0 Å². The first-order valence-electron chi connectivity index (χ1n) is 17.1. The van der Waals surface area contributed by atoms with Crippen molar-refractivity contribution in [3.05, 3.63) is 0 Å². The number of hydrogen-bond donors (Lipinski definition) is 1. The van der Waals surface area contributed by atoms with Crippen LogP contribution in [-0.2, 0) is 0 Å². The maximum Gasteiger partial charge on any atom is 0.00700 e. The highest BCUT2D eigenvalue weighted by Crippen LogP contribution is 2.45. The van der Waals surface area contributed by atoms with E-state index in [1.165, 1.54) is 167 Å². The molecule has 0 amide bonds. The Bertz CT molecular complexity index is 485. The molecule has 2 atom stereocenters. The molecule has 214 valence electrons. The molecule has 2 aliphatic rings. The zero-order valence-corrected chi connectivity index (χ0v) is 25.6. The van der Waals surface area contributed by atoms with Crippen molar-refractivity contribution >= 4 is 0 Å². The lowest BCUT2D eigenvalue weighted by Gasteiger charge is -2.47. The normalized spacial score (nSPS) is 20.7. The maximum atomic E-state index is 4.20. The third-order valence-electron chi connectivity index (χ3n) is 9.94. The molecule has 2 unspecified atom stereocenters. The molecule has 1 spiro atoms. The Hall–Kier alpha value is -0.0800. The van der Waals surface area contributed by atoms with Crippen molar-refractivity contribution in [2.75, 3.05) is 19.6 Å². The van der Waals surface area contributed by atoms with Crippen LogP contribution < -0.4 is 5.32 Å². The molecule has 1 saturated heterocycles. The van der Waals surface area contributed by atoms with Gasteiger partial charge in [-0.1, -0.05) is 111 Å². The Morgan fingerprint density at radius 1 is 0.611 bits per heavy atom. The van der Waals surface area contributed by atoms with Gasteiger partial charge in [0.25, 0.3) is 0 Å². The summed E-state index contributed by atoms with van der Waals surface area (Å²) in [7, 11) is 0. The first kappa shape index (κ1) is 32.1. The number of likely N-dealkylation sites (tertiary alicyclic amines) is 1. The van der Waals surface area contributed by atoms with E-state index < -0.39 is 0 Å². The fraction of sp³-hybridized carbons (Fsp3) is 1.00. The van der Waals surface area contributed by atoms with Crippen LogP contribution in [0.25, 0.3) is 0 Å². The predicted molar refractivity (Wildman–Crippen MR) is 162 cm³/mol. The van der Waals surface area contributed by atoms with Crippen molar-refractivity contribution < 1.29 is 0 Å². The van der Waals surface area contributed by atoms with E-state index in [0.717, 1.165) is 18.0 Å². The Kier molecular flexibility index (Phi) is 17.8. The van der Waals surface area contributed by atoms with Gasteiger partial charge in [0, 0.05) is 18.6 Å². The quantitative estimate of drug-likeness (QED) is 0.156. The molecule has 2 nitrogen and oxygen atoms in total. The second-order valence-electron chi connectivity index (χ2n) is 13.1. The minimum absolute atomic E-state index is 0.688. The van der Waals surface area contributed by atoms with E-state index in [1.54, 1.807) is 0 Å². The fourth-order valence-corrected chi connectivity index (χ4v) is 7.25. The molecule has 36 heavy (non-hydrogen) atoms. The van der Waals surface area contributed by atoms with Crippen LogP contribution in [0.1, 0.15) is 175 Å². The molecule has 1 aliphatic heterocycles. The third kappa shape index (κ3) is 13.1. The third-order valence-corrected chi connectivity index (χ3v) is 9.94. The first-order chi connectivity index (χ1) is 17.6. The van der Waals surface area contributed by atoms with Crippen LogP contribution in [0.3, 0.4) is 0 Å². The maximum absolute atomic E-state index is 4.20. The highest BCUT2D eigenvalue weighted by atomic mass is 15.1. The number of nitrogens with one attached hydrogen (secondary N) is 1. The summed E-state index contributed by atoms with van der Waals surface area (Å²) in [6.07, 6.45) is 32.9. The van der Waals surface area contributed by atoms with Gasteiger partial charge in [0.05, 0.1) is 0 Å². The first-order valence-corrected chi connectivity index (χ1v) is 17.1. The molecule has 1 saturated carbocycles. The van der Waals surface area contributed by atoms with E-state index >= 15 is 0 Å². The van der Waals surface area contributed by atoms with Crippen LogP contribution in [0.4, 0.5) is 0 Å². The molecule has 0 aromatic carbocycles. The summed E-state index contributed by atoms with van der Waals surface area (Å²) >= 11 is 0. The predicted octanol–water partition coefficient (Wildman–Crippen LogP) is 10.3. The average Bonchev–Trinajstić information content (AvgIpc) is 2.90. The fourth-order valence-electron chi connectivity index (χ4n) is 7.25. The van der Waals surface area contributed by atoms with Gasteiger partial charge in [0.2, 0.25) is 0 Å². The van der Waals surface area contributed by atoms with Gasteiger partial charge in [0.15, 0.2) is 0 Å².